The Morgan fingerprint density at radius 2 is 2.33 bits per heavy atom. The fourth-order valence-corrected chi connectivity index (χ4v) is 2.06. The fourth-order valence-electron chi connectivity index (χ4n) is 2.06. The third kappa shape index (κ3) is 1.19. The smallest absolute Gasteiger partial charge is 0.117 e. The summed E-state index contributed by atoms with van der Waals surface area (Å²) in [6.07, 6.45) is 2.72. The summed E-state index contributed by atoms with van der Waals surface area (Å²) in [7, 11) is 0. The van der Waals surface area contributed by atoms with Gasteiger partial charge in [0, 0.05) is 0 Å². The van der Waals surface area contributed by atoms with E-state index in [-0.39, 0.29) is 11.7 Å². The largest absolute Gasteiger partial charge is 0.390 e. The maximum Gasteiger partial charge on any atom is 0.117 e. The maximum absolute atomic E-state index is 9.75. The highest BCUT2D eigenvalue weighted by atomic mass is 16.6. The molecule has 0 aromatic carbocycles. The monoisotopic (exact) mass is 168 g/mol. The van der Waals surface area contributed by atoms with Gasteiger partial charge >= 0.3 is 0 Å². The summed E-state index contributed by atoms with van der Waals surface area (Å²) in [6.45, 7) is 6.74. The molecule has 0 unspecified atom stereocenters. The van der Waals surface area contributed by atoms with Crippen molar-refractivity contribution in [2.45, 2.75) is 37.9 Å². The summed E-state index contributed by atoms with van der Waals surface area (Å²) in [5.74, 6) is 0.509. The van der Waals surface area contributed by atoms with Crippen LogP contribution in [0.3, 0.4) is 0 Å². The van der Waals surface area contributed by atoms with E-state index in [0.29, 0.717) is 5.92 Å². The van der Waals surface area contributed by atoms with Crippen LogP contribution in [0, 0.1) is 5.92 Å². The number of rotatable bonds is 1. The second-order valence-electron chi connectivity index (χ2n) is 4.19. The first-order valence-electron chi connectivity index (χ1n) is 4.61. The van der Waals surface area contributed by atoms with Gasteiger partial charge in [0.2, 0.25) is 0 Å². The molecule has 2 rings (SSSR count). The molecular formula is C10H16O2. The highest BCUT2D eigenvalue weighted by Gasteiger charge is 2.53. The van der Waals surface area contributed by atoms with Crippen molar-refractivity contribution in [3.8, 4) is 0 Å². The van der Waals surface area contributed by atoms with Gasteiger partial charge in [-0.1, -0.05) is 12.2 Å². The molecule has 1 N–H and O–H groups in total. The highest BCUT2D eigenvalue weighted by Crippen LogP contribution is 2.45. The van der Waals surface area contributed by atoms with E-state index >= 15 is 0 Å². The van der Waals surface area contributed by atoms with Crippen molar-refractivity contribution in [1.29, 1.82) is 0 Å². The zero-order valence-electron chi connectivity index (χ0n) is 7.55. The Balaban J connectivity index is 1.99. The van der Waals surface area contributed by atoms with Crippen LogP contribution in [0.5, 0.6) is 0 Å². The van der Waals surface area contributed by atoms with Crippen molar-refractivity contribution in [3.63, 3.8) is 0 Å². The molecule has 1 aliphatic heterocycles. The molecule has 1 saturated heterocycles. The first-order valence-corrected chi connectivity index (χ1v) is 4.61. The molecule has 0 bridgehead atoms. The van der Waals surface area contributed by atoms with Crippen molar-refractivity contribution in [1.82, 2.24) is 0 Å². The van der Waals surface area contributed by atoms with E-state index in [2.05, 4.69) is 6.58 Å². The SMILES string of the molecule is C=C(C)[C@@H]1CC[C@@]2(CO2)[C@H](O)C1. The first kappa shape index (κ1) is 8.27. The van der Waals surface area contributed by atoms with Crippen LogP contribution in [0.4, 0.5) is 0 Å². The fraction of sp³-hybridized carbons (Fsp3) is 0.800. The summed E-state index contributed by atoms with van der Waals surface area (Å²) in [5.41, 5.74) is 1.07. The number of aliphatic hydroxyl groups is 1. The third-order valence-corrected chi connectivity index (χ3v) is 3.24. The number of allylic oxidation sites excluding steroid dienone is 1. The topological polar surface area (TPSA) is 32.8 Å². The molecule has 2 nitrogen and oxygen atoms in total. The number of aliphatic hydroxyl groups excluding tert-OH is 1. The summed E-state index contributed by atoms with van der Waals surface area (Å²) in [6, 6.07) is 0. The molecule has 3 atom stereocenters. The number of hydrogen-bond donors (Lipinski definition) is 1. The van der Waals surface area contributed by atoms with Crippen LogP contribution in [0.15, 0.2) is 12.2 Å². The molecule has 0 aromatic heterocycles. The van der Waals surface area contributed by atoms with Gasteiger partial charge < -0.3 is 9.84 Å². The highest BCUT2D eigenvalue weighted by molar-refractivity contribution is 5.08. The van der Waals surface area contributed by atoms with Crippen LogP contribution in [0.1, 0.15) is 26.2 Å². The lowest BCUT2D eigenvalue weighted by molar-refractivity contribution is 0.0260. The Bertz CT molecular complexity index is 206. The predicted octanol–water partition coefficient (Wildman–Crippen LogP) is 1.49. The standard InChI is InChI=1S/C10H16O2/c1-7(2)8-3-4-10(6-12-10)9(11)5-8/h8-9,11H,1,3-6H2,2H3/t8-,9-,10-/m1/s1. The Labute approximate surface area is 73.2 Å². The minimum absolute atomic E-state index is 0.133. The lowest BCUT2D eigenvalue weighted by atomic mass is 9.77. The molecule has 1 heterocycles. The lowest BCUT2D eigenvalue weighted by Gasteiger charge is -2.31. The molecule has 2 fully saturated rings. The second kappa shape index (κ2) is 2.57. The molecular weight excluding hydrogens is 152 g/mol. The minimum Gasteiger partial charge on any atom is -0.390 e. The Hall–Kier alpha value is -0.340. The predicted molar refractivity (Wildman–Crippen MR) is 46.8 cm³/mol. The average molecular weight is 168 g/mol. The Kier molecular flexibility index (Phi) is 1.77. The molecule has 1 aliphatic carbocycles. The van der Waals surface area contributed by atoms with Crippen LogP contribution in [-0.2, 0) is 4.74 Å². The van der Waals surface area contributed by atoms with Gasteiger partial charge in [0.05, 0.1) is 12.7 Å². The van der Waals surface area contributed by atoms with E-state index in [0.717, 1.165) is 25.9 Å². The zero-order valence-corrected chi connectivity index (χ0v) is 7.55. The number of ether oxygens (including phenoxy) is 1. The van der Waals surface area contributed by atoms with E-state index in [1.807, 2.05) is 6.92 Å². The lowest BCUT2D eigenvalue weighted by Crippen LogP contribution is -2.37. The van der Waals surface area contributed by atoms with Gasteiger partial charge in [0.25, 0.3) is 0 Å². The molecule has 12 heavy (non-hydrogen) atoms. The second-order valence-corrected chi connectivity index (χ2v) is 4.19. The summed E-state index contributed by atoms with van der Waals surface area (Å²) < 4.78 is 5.30. The molecule has 1 saturated carbocycles. The average Bonchev–Trinajstić information content (AvgIpc) is 2.76. The maximum atomic E-state index is 9.75. The molecule has 0 radical (unpaired) electrons. The summed E-state index contributed by atoms with van der Waals surface area (Å²) in [5, 5.41) is 9.75. The van der Waals surface area contributed by atoms with Gasteiger partial charge in [-0.25, -0.2) is 0 Å². The van der Waals surface area contributed by atoms with Crippen molar-refractivity contribution >= 4 is 0 Å². The third-order valence-electron chi connectivity index (χ3n) is 3.24. The quantitative estimate of drug-likeness (QED) is 0.475. The van der Waals surface area contributed by atoms with Crippen LogP contribution in [-0.4, -0.2) is 23.4 Å². The van der Waals surface area contributed by atoms with Crippen LogP contribution >= 0.6 is 0 Å². The van der Waals surface area contributed by atoms with Gasteiger partial charge in [0.1, 0.15) is 5.60 Å². The van der Waals surface area contributed by atoms with Crippen LogP contribution in [0.2, 0.25) is 0 Å². The van der Waals surface area contributed by atoms with Gasteiger partial charge in [-0.2, -0.15) is 0 Å². The van der Waals surface area contributed by atoms with Crippen molar-refractivity contribution in [2.75, 3.05) is 6.61 Å². The van der Waals surface area contributed by atoms with Crippen molar-refractivity contribution in [2.24, 2.45) is 5.92 Å². The van der Waals surface area contributed by atoms with Crippen LogP contribution < -0.4 is 0 Å². The molecule has 0 amide bonds. The van der Waals surface area contributed by atoms with E-state index in [1.165, 1.54) is 5.57 Å². The van der Waals surface area contributed by atoms with Gasteiger partial charge in [-0.3, -0.25) is 0 Å². The van der Waals surface area contributed by atoms with E-state index in [4.69, 9.17) is 4.74 Å². The zero-order chi connectivity index (χ0) is 8.77. The van der Waals surface area contributed by atoms with Gasteiger partial charge in [-0.15, -0.1) is 0 Å². The number of hydrogen-bond acceptors (Lipinski definition) is 2. The molecule has 68 valence electrons. The van der Waals surface area contributed by atoms with E-state index < -0.39 is 0 Å². The minimum atomic E-state index is -0.257. The molecule has 1 spiro atoms. The Morgan fingerprint density at radius 3 is 2.75 bits per heavy atom. The van der Waals surface area contributed by atoms with Crippen molar-refractivity contribution in [3.05, 3.63) is 12.2 Å². The normalized spacial score (nSPS) is 46.2. The van der Waals surface area contributed by atoms with E-state index in [9.17, 15) is 5.11 Å². The van der Waals surface area contributed by atoms with Gasteiger partial charge in [-0.05, 0) is 32.1 Å². The number of epoxide rings is 1. The molecule has 2 heteroatoms. The Morgan fingerprint density at radius 1 is 1.67 bits per heavy atom. The summed E-state index contributed by atoms with van der Waals surface area (Å²) in [4.78, 5) is 0. The summed E-state index contributed by atoms with van der Waals surface area (Å²) >= 11 is 0. The molecule has 0 aromatic rings. The molecule has 2 aliphatic rings. The van der Waals surface area contributed by atoms with Crippen LogP contribution in [0.25, 0.3) is 0 Å². The van der Waals surface area contributed by atoms with Gasteiger partial charge in [0.15, 0.2) is 0 Å². The van der Waals surface area contributed by atoms with E-state index in [1.54, 1.807) is 0 Å². The first-order chi connectivity index (χ1) is 5.64. The van der Waals surface area contributed by atoms with Crippen molar-refractivity contribution < 1.29 is 9.84 Å².